The Morgan fingerprint density at radius 3 is 2.61 bits per heavy atom. The Morgan fingerprint density at radius 2 is 1.79 bits per heavy atom. The van der Waals surface area contributed by atoms with Crippen molar-refractivity contribution in [1.82, 2.24) is 4.98 Å². The Labute approximate surface area is 220 Å². The predicted octanol–water partition coefficient (Wildman–Crippen LogP) is 7.13. The molecule has 2 aliphatic carbocycles. The average molecular weight is 510 g/mol. The van der Waals surface area contributed by atoms with Crippen LogP contribution in [0.3, 0.4) is 0 Å². The summed E-state index contributed by atoms with van der Waals surface area (Å²) in [4.78, 5) is 4.41. The maximum atomic E-state index is 6.08. The number of anilines is 2. The molecule has 1 atom stereocenters. The first-order valence-electron chi connectivity index (χ1n) is 12.5. The van der Waals surface area contributed by atoms with Crippen molar-refractivity contribution < 1.29 is 23.4 Å². The Morgan fingerprint density at radius 1 is 0.895 bits per heavy atom. The van der Waals surface area contributed by atoms with Crippen molar-refractivity contribution in [3.8, 4) is 11.3 Å². The summed E-state index contributed by atoms with van der Waals surface area (Å²) in [5.41, 5.74) is 3.99. The molecule has 0 saturated heterocycles. The van der Waals surface area contributed by atoms with Crippen LogP contribution >= 0.6 is 0 Å². The summed E-state index contributed by atoms with van der Waals surface area (Å²) in [6, 6.07) is 7.99. The van der Waals surface area contributed by atoms with Crippen molar-refractivity contribution >= 4 is 11.7 Å². The molecule has 2 aromatic rings. The Kier molecular flexibility index (Phi) is 6.84. The molecule has 4 aliphatic rings. The summed E-state index contributed by atoms with van der Waals surface area (Å²) in [7, 11) is 0. The van der Waals surface area contributed by atoms with Crippen molar-refractivity contribution in [3.05, 3.63) is 127 Å². The van der Waals surface area contributed by atoms with E-state index < -0.39 is 0 Å². The van der Waals surface area contributed by atoms with Gasteiger partial charge in [-0.05, 0) is 49.0 Å². The molecule has 38 heavy (non-hydrogen) atoms. The average Bonchev–Trinajstić information content (AvgIpc) is 3.46. The summed E-state index contributed by atoms with van der Waals surface area (Å²) in [6.45, 7) is 0. The third-order valence-corrected chi connectivity index (χ3v) is 6.35. The SMILES string of the molecule is C1=CCCC(C2=COC=C(Nc3ncc(-c4ccccc4NC(C4=CC=CCC4)C4=COC=CO4)o3)O2)=C1. The number of hydrogen-bond donors (Lipinski definition) is 2. The van der Waals surface area contributed by atoms with Crippen LogP contribution in [0.1, 0.15) is 25.7 Å². The highest BCUT2D eigenvalue weighted by molar-refractivity contribution is 5.75. The van der Waals surface area contributed by atoms with Gasteiger partial charge in [0.05, 0.1) is 6.20 Å². The number of rotatable bonds is 8. The lowest BCUT2D eigenvalue weighted by Gasteiger charge is -2.27. The number of nitrogens with zero attached hydrogens (tertiary/aromatic N) is 1. The van der Waals surface area contributed by atoms with Gasteiger partial charge in [0.15, 0.2) is 23.5 Å². The van der Waals surface area contributed by atoms with Crippen LogP contribution in [-0.2, 0) is 18.9 Å². The molecular formula is C30H27N3O5. The summed E-state index contributed by atoms with van der Waals surface area (Å²) in [5, 5.41) is 6.69. The van der Waals surface area contributed by atoms with Crippen molar-refractivity contribution in [3.63, 3.8) is 0 Å². The summed E-state index contributed by atoms with van der Waals surface area (Å²) in [5.74, 6) is 2.33. The zero-order chi connectivity index (χ0) is 25.6. The smallest absolute Gasteiger partial charge is 0.302 e. The fraction of sp³-hybridized carbons (Fsp3) is 0.167. The standard InChI is InChI=1S/C30H27N3O5/c1-3-9-21(10-4-1)26-18-35-20-28(37-26)33-30-31-17-25(38-30)23-13-7-8-14-24(23)32-29(22-11-5-2-6-12-22)27-19-34-15-16-36-27/h1-3,5,7-9,11,13-20,29,32H,4,6,10,12H2,(H,31,33). The number of ether oxygens (including phenoxy) is 4. The normalized spacial score (nSPS) is 18.8. The molecule has 0 saturated carbocycles. The molecular weight excluding hydrogens is 482 g/mol. The van der Waals surface area contributed by atoms with E-state index in [1.807, 2.05) is 36.4 Å². The number of nitrogens with one attached hydrogen (secondary N) is 2. The lowest BCUT2D eigenvalue weighted by molar-refractivity contribution is 0.232. The highest BCUT2D eigenvalue weighted by Gasteiger charge is 2.24. The lowest BCUT2D eigenvalue weighted by Crippen LogP contribution is -2.27. The van der Waals surface area contributed by atoms with Gasteiger partial charge in [-0.1, -0.05) is 48.6 Å². The van der Waals surface area contributed by atoms with Gasteiger partial charge >= 0.3 is 6.01 Å². The van der Waals surface area contributed by atoms with Crippen LogP contribution in [-0.4, -0.2) is 11.0 Å². The van der Waals surface area contributed by atoms with E-state index in [-0.39, 0.29) is 12.1 Å². The Hall–Kier alpha value is -4.85. The van der Waals surface area contributed by atoms with E-state index in [1.165, 1.54) is 24.4 Å². The molecule has 1 aromatic heterocycles. The minimum absolute atomic E-state index is 0.210. The number of aromatic nitrogens is 1. The molecule has 2 aliphatic heterocycles. The van der Waals surface area contributed by atoms with Gasteiger partial charge < -0.3 is 28.7 Å². The molecule has 0 radical (unpaired) electrons. The molecule has 0 amide bonds. The van der Waals surface area contributed by atoms with Crippen LogP contribution in [0.15, 0.2) is 131 Å². The fourth-order valence-electron chi connectivity index (χ4n) is 4.49. The zero-order valence-electron chi connectivity index (χ0n) is 20.6. The van der Waals surface area contributed by atoms with Crippen LogP contribution in [0.25, 0.3) is 11.3 Å². The Balaban J connectivity index is 1.20. The van der Waals surface area contributed by atoms with Gasteiger partial charge in [0.25, 0.3) is 0 Å². The van der Waals surface area contributed by atoms with Crippen molar-refractivity contribution in [2.75, 3.05) is 10.6 Å². The van der Waals surface area contributed by atoms with Gasteiger partial charge in [-0.15, -0.1) is 0 Å². The fourth-order valence-corrected chi connectivity index (χ4v) is 4.49. The first-order chi connectivity index (χ1) is 18.8. The molecule has 0 fully saturated rings. The van der Waals surface area contributed by atoms with Crippen LogP contribution in [0, 0.1) is 0 Å². The van der Waals surface area contributed by atoms with E-state index in [4.69, 9.17) is 23.4 Å². The van der Waals surface area contributed by atoms with Crippen LogP contribution < -0.4 is 10.6 Å². The van der Waals surface area contributed by atoms with Crippen molar-refractivity contribution in [1.29, 1.82) is 0 Å². The maximum Gasteiger partial charge on any atom is 0.302 e. The number of hydrogen-bond acceptors (Lipinski definition) is 8. The number of oxazole rings is 1. The predicted molar refractivity (Wildman–Crippen MR) is 144 cm³/mol. The highest BCUT2D eigenvalue weighted by atomic mass is 16.6. The second kappa shape index (κ2) is 11.0. The van der Waals surface area contributed by atoms with E-state index in [9.17, 15) is 0 Å². The van der Waals surface area contributed by atoms with E-state index in [1.54, 1.807) is 18.7 Å². The molecule has 0 spiro atoms. The molecule has 1 aromatic carbocycles. The topological polar surface area (TPSA) is 87.0 Å². The summed E-state index contributed by atoms with van der Waals surface area (Å²) < 4.78 is 28.7. The van der Waals surface area contributed by atoms with Gasteiger partial charge in [-0.3, -0.25) is 5.32 Å². The van der Waals surface area contributed by atoms with E-state index in [0.717, 1.165) is 42.5 Å². The third-order valence-electron chi connectivity index (χ3n) is 6.35. The largest absolute Gasteiger partial charge is 0.466 e. The number of allylic oxidation sites excluding steroid dienone is 7. The second-order valence-corrected chi connectivity index (χ2v) is 8.89. The molecule has 6 rings (SSSR count). The zero-order valence-corrected chi connectivity index (χ0v) is 20.6. The monoisotopic (exact) mass is 509 g/mol. The van der Waals surface area contributed by atoms with Crippen LogP contribution in [0.5, 0.6) is 0 Å². The lowest BCUT2D eigenvalue weighted by atomic mass is 9.95. The minimum atomic E-state index is -0.210. The van der Waals surface area contributed by atoms with Crippen LogP contribution in [0.2, 0.25) is 0 Å². The van der Waals surface area contributed by atoms with Crippen molar-refractivity contribution in [2.45, 2.75) is 31.7 Å². The molecule has 8 heteroatoms. The van der Waals surface area contributed by atoms with Gasteiger partial charge in [0, 0.05) is 11.3 Å². The summed E-state index contributed by atoms with van der Waals surface area (Å²) >= 11 is 0. The van der Waals surface area contributed by atoms with Crippen LogP contribution in [0.4, 0.5) is 11.7 Å². The molecule has 192 valence electrons. The first-order valence-corrected chi connectivity index (χ1v) is 12.5. The van der Waals surface area contributed by atoms with E-state index >= 15 is 0 Å². The highest BCUT2D eigenvalue weighted by Crippen LogP contribution is 2.34. The number of para-hydroxylation sites is 1. The van der Waals surface area contributed by atoms with Gasteiger partial charge in [0.1, 0.15) is 31.1 Å². The van der Waals surface area contributed by atoms with E-state index in [0.29, 0.717) is 23.2 Å². The molecule has 3 heterocycles. The molecule has 0 bridgehead atoms. The summed E-state index contributed by atoms with van der Waals surface area (Å²) in [6.07, 6.45) is 25.7. The Bertz CT molecular complexity index is 1440. The quantitative estimate of drug-likeness (QED) is 0.389. The second-order valence-electron chi connectivity index (χ2n) is 8.89. The van der Waals surface area contributed by atoms with E-state index in [2.05, 4.69) is 39.9 Å². The van der Waals surface area contributed by atoms with Crippen molar-refractivity contribution in [2.24, 2.45) is 0 Å². The first kappa shape index (κ1) is 23.5. The third kappa shape index (κ3) is 5.29. The minimum Gasteiger partial charge on any atom is -0.466 e. The van der Waals surface area contributed by atoms with Gasteiger partial charge in [-0.25, -0.2) is 4.98 Å². The molecule has 8 nitrogen and oxygen atoms in total. The molecule has 1 unspecified atom stereocenters. The van der Waals surface area contributed by atoms with Gasteiger partial charge in [0.2, 0.25) is 5.88 Å². The number of benzene rings is 1. The van der Waals surface area contributed by atoms with Gasteiger partial charge in [-0.2, -0.15) is 0 Å². The molecule has 2 N–H and O–H groups in total. The maximum absolute atomic E-state index is 6.08.